The van der Waals surface area contributed by atoms with Crippen molar-refractivity contribution < 1.29 is 4.79 Å². The highest BCUT2D eigenvalue weighted by atomic mass is 16.2. The van der Waals surface area contributed by atoms with E-state index in [4.69, 9.17) is 15.1 Å². The molecule has 0 aliphatic carbocycles. The second kappa shape index (κ2) is 11.9. The van der Waals surface area contributed by atoms with E-state index in [0.29, 0.717) is 19.4 Å². The van der Waals surface area contributed by atoms with Gasteiger partial charge < -0.3 is 9.80 Å². The normalized spacial score (nSPS) is 13.9. The van der Waals surface area contributed by atoms with Crippen molar-refractivity contribution in [2.75, 3.05) is 31.1 Å². The fourth-order valence-corrected chi connectivity index (χ4v) is 5.58. The quantitative estimate of drug-likeness (QED) is 0.263. The van der Waals surface area contributed by atoms with Crippen LogP contribution in [0.2, 0.25) is 0 Å². The van der Waals surface area contributed by atoms with Gasteiger partial charge in [0.25, 0.3) is 0 Å². The van der Waals surface area contributed by atoms with E-state index in [0.717, 1.165) is 66.5 Å². The lowest BCUT2D eigenvalue weighted by atomic mass is 10.1. The molecular weight excluding hydrogens is 508 g/mol. The first-order valence-electron chi connectivity index (χ1n) is 14.5. The number of aryl methyl sites for hydroxylation is 3. The molecule has 0 atom stereocenters. The van der Waals surface area contributed by atoms with E-state index in [2.05, 4.69) is 60.4 Å². The van der Waals surface area contributed by atoms with Gasteiger partial charge in [-0.2, -0.15) is 5.10 Å². The number of benzene rings is 3. The molecule has 0 spiro atoms. The summed E-state index contributed by atoms with van der Waals surface area (Å²) in [6.45, 7) is 7.12. The Balaban J connectivity index is 1.30. The molecule has 208 valence electrons. The molecule has 1 fully saturated rings. The highest BCUT2D eigenvalue weighted by Crippen LogP contribution is 2.30. The lowest BCUT2D eigenvalue weighted by Gasteiger charge is -2.24. The van der Waals surface area contributed by atoms with Crippen molar-refractivity contribution in [3.8, 4) is 5.69 Å². The first-order valence-corrected chi connectivity index (χ1v) is 14.5. The maximum absolute atomic E-state index is 13.1. The van der Waals surface area contributed by atoms with Crippen LogP contribution >= 0.6 is 0 Å². The zero-order chi connectivity index (χ0) is 28.2. The molecule has 1 aliphatic heterocycles. The largest absolute Gasteiger partial charge is 0.354 e. The number of hydrogen-bond donors (Lipinski definition) is 0. The van der Waals surface area contributed by atoms with Gasteiger partial charge in [0.1, 0.15) is 11.6 Å². The molecule has 0 unspecified atom stereocenters. The number of carbonyl (C=O) groups excluding carboxylic acids is 1. The highest BCUT2D eigenvalue weighted by Gasteiger charge is 2.25. The molecule has 6 rings (SSSR count). The summed E-state index contributed by atoms with van der Waals surface area (Å²) < 4.78 is 1.94. The standard InChI is InChI=1S/C34H36N6O/c1-25-14-16-28(17-15-25)24-30-35-33(32-26(2)37-40(34(32)36-30)29-12-7-4-8-13-29)39-21-9-20-38(22-23-39)31(41)19-18-27-10-5-3-6-11-27/h3-8,10-17H,9,18-24H2,1-2H3. The van der Waals surface area contributed by atoms with Crippen LogP contribution in [0.4, 0.5) is 5.82 Å². The van der Waals surface area contributed by atoms with Crippen molar-refractivity contribution in [2.24, 2.45) is 0 Å². The summed E-state index contributed by atoms with van der Waals surface area (Å²) in [6, 6.07) is 29.0. The number of anilines is 1. The molecule has 1 saturated heterocycles. The van der Waals surface area contributed by atoms with Gasteiger partial charge in [-0.3, -0.25) is 4.79 Å². The van der Waals surface area contributed by atoms with Gasteiger partial charge >= 0.3 is 0 Å². The predicted molar refractivity (Wildman–Crippen MR) is 164 cm³/mol. The number of carbonyl (C=O) groups is 1. The molecule has 0 radical (unpaired) electrons. The Hall–Kier alpha value is -4.52. The molecule has 3 aromatic carbocycles. The molecule has 7 nitrogen and oxygen atoms in total. The van der Waals surface area contributed by atoms with Crippen molar-refractivity contribution in [1.82, 2.24) is 24.6 Å². The minimum atomic E-state index is 0.219. The van der Waals surface area contributed by atoms with E-state index in [1.54, 1.807) is 0 Å². The molecule has 5 aromatic rings. The van der Waals surface area contributed by atoms with Crippen LogP contribution in [0.1, 0.15) is 41.1 Å². The zero-order valence-corrected chi connectivity index (χ0v) is 23.8. The van der Waals surface area contributed by atoms with E-state index in [-0.39, 0.29) is 5.91 Å². The van der Waals surface area contributed by atoms with E-state index in [1.807, 2.05) is 52.9 Å². The Morgan fingerprint density at radius 1 is 0.780 bits per heavy atom. The van der Waals surface area contributed by atoms with Gasteiger partial charge in [-0.25, -0.2) is 14.6 Å². The maximum atomic E-state index is 13.1. The molecule has 41 heavy (non-hydrogen) atoms. The maximum Gasteiger partial charge on any atom is 0.222 e. The molecule has 1 aliphatic rings. The third-order valence-electron chi connectivity index (χ3n) is 7.83. The Morgan fingerprint density at radius 2 is 1.51 bits per heavy atom. The second-order valence-corrected chi connectivity index (χ2v) is 10.9. The Morgan fingerprint density at radius 3 is 2.27 bits per heavy atom. The Kier molecular flexibility index (Phi) is 7.76. The van der Waals surface area contributed by atoms with Gasteiger partial charge in [-0.15, -0.1) is 0 Å². The third-order valence-corrected chi connectivity index (χ3v) is 7.83. The predicted octanol–water partition coefficient (Wildman–Crippen LogP) is 5.69. The smallest absolute Gasteiger partial charge is 0.222 e. The van der Waals surface area contributed by atoms with Gasteiger partial charge in [0.2, 0.25) is 5.91 Å². The Labute approximate surface area is 241 Å². The van der Waals surface area contributed by atoms with Gasteiger partial charge in [-0.05, 0) is 49.9 Å². The van der Waals surface area contributed by atoms with Crippen molar-refractivity contribution in [1.29, 1.82) is 0 Å². The highest BCUT2D eigenvalue weighted by molar-refractivity contribution is 5.91. The van der Waals surface area contributed by atoms with Gasteiger partial charge in [0.15, 0.2) is 5.65 Å². The van der Waals surface area contributed by atoms with Crippen LogP contribution in [0.25, 0.3) is 16.7 Å². The number of aromatic nitrogens is 4. The van der Waals surface area contributed by atoms with E-state index in [1.165, 1.54) is 16.7 Å². The minimum Gasteiger partial charge on any atom is -0.354 e. The van der Waals surface area contributed by atoms with Crippen LogP contribution in [0.3, 0.4) is 0 Å². The van der Waals surface area contributed by atoms with Crippen LogP contribution in [0, 0.1) is 13.8 Å². The van der Waals surface area contributed by atoms with E-state index in [9.17, 15) is 4.79 Å². The molecule has 0 bridgehead atoms. The monoisotopic (exact) mass is 544 g/mol. The number of para-hydroxylation sites is 1. The third kappa shape index (κ3) is 5.99. The first-order chi connectivity index (χ1) is 20.0. The lowest BCUT2D eigenvalue weighted by Crippen LogP contribution is -2.35. The van der Waals surface area contributed by atoms with Crippen LogP contribution in [-0.4, -0.2) is 56.7 Å². The molecule has 1 amide bonds. The summed E-state index contributed by atoms with van der Waals surface area (Å²) in [4.78, 5) is 27.7. The van der Waals surface area contributed by atoms with E-state index >= 15 is 0 Å². The van der Waals surface area contributed by atoms with Gasteiger partial charge in [-0.1, -0.05) is 78.4 Å². The van der Waals surface area contributed by atoms with Crippen molar-refractivity contribution >= 4 is 22.8 Å². The van der Waals surface area contributed by atoms with Gasteiger partial charge in [0.05, 0.1) is 16.8 Å². The average molecular weight is 545 g/mol. The number of rotatable bonds is 7. The number of hydrogen-bond acceptors (Lipinski definition) is 5. The summed E-state index contributed by atoms with van der Waals surface area (Å²) in [5.41, 5.74) is 6.31. The summed E-state index contributed by atoms with van der Waals surface area (Å²) >= 11 is 0. The summed E-state index contributed by atoms with van der Waals surface area (Å²) in [5, 5.41) is 5.90. The topological polar surface area (TPSA) is 67.2 Å². The van der Waals surface area contributed by atoms with E-state index < -0.39 is 0 Å². The Bertz CT molecular complexity index is 1630. The molecule has 3 heterocycles. The summed E-state index contributed by atoms with van der Waals surface area (Å²) in [7, 11) is 0. The van der Waals surface area contributed by atoms with Gasteiger partial charge in [0, 0.05) is 39.0 Å². The van der Waals surface area contributed by atoms with Crippen molar-refractivity contribution in [3.63, 3.8) is 0 Å². The van der Waals surface area contributed by atoms with Crippen LogP contribution in [0.5, 0.6) is 0 Å². The fourth-order valence-electron chi connectivity index (χ4n) is 5.58. The van der Waals surface area contributed by atoms with Crippen molar-refractivity contribution in [3.05, 3.63) is 113 Å². The number of fused-ring (bicyclic) bond motifs is 1. The molecule has 0 saturated carbocycles. The fraction of sp³-hybridized carbons (Fsp3) is 0.294. The second-order valence-electron chi connectivity index (χ2n) is 10.9. The van der Waals surface area contributed by atoms with Crippen molar-refractivity contribution in [2.45, 2.75) is 39.5 Å². The molecule has 2 aromatic heterocycles. The first kappa shape index (κ1) is 26.7. The number of nitrogens with zero attached hydrogens (tertiary/aromatic N) is 6. The van der Waals surface area contributed by atoms with Crippen LogP contribution in [-0.2, 0) is 17.6 Å². The van der Waals surface area contributed by atoms with Crippen LogP contribution in [0.15, 0.2) is 84.9 Å². The number of amides is 1. The minimum absolute atomic E-state index is 0.219. The summed E-state index contributed by atoms with van der Waals surface area (Å²) in [6.07, 6.45) is 2.83. The zero-order valence-electron chi connectivity index (χ0n) is 23.8. The average Bonchev–Trinajstić information content (AvgIpc) is 3.16. The lowest BCUT2D eigenvalue weighted by molar-refractivity contribution is -0.130. The van der Waals surface area contributed by atoms with Crippen LogP contribution < -0.4 is 4.90 Å². The molecule has 7 heteroatoms. The summed E-state index contributed by atoms with van der Waals surface area (Å²) in [5.74, 6) is 1.90. The molecular formula is C34H36N6O. The molecule has 0 N–H and O–H groups in total. The SMILES string of the molecule is Cc1ccc(Cc2nc(N3CCCN(C(=O)CCc4ccccc4)CC3)c3c(C)nn(-c4ccccc4)c3n2)cc1.